The highest BCUT2D eigenvalue weighted by molar-refractivity contribution is 5.20. The van der Waals surface area contributed by atoms with Crippen molar-refractivity contribution in [2.45, 2.75) is 47.9 Å². The van der Waals surface area contributed by atoms with Crippen LogP contribution in [-0.2, 0) is 0 Å². The van der Waals surface area contributed by atoms with E-state index in [2.05, 4.69) is 0 Å². The van der Waals surface area contributed by atoms with Crippen molar-refractivity contribution in [3.05, 3.63) is 12.7 Å². The third-order valence-corrected chi connectivity index (χ3v) is 3.22. The average Bonchev–Trinajstić information content (AvgIpc) is 2.43. The summed E-state index contributed by atoms with van der Waals surface area (Å²) < 4.78 is 182. The zero-order valence-electron chi connectivity index (χ0n) is 11.9. The first-order chi connectivity index (χ1) is 11.1. The zero-order valence-corrected chi connectivity index (χ0v) is 11.9. The van der Waals surface area contributed by atoms with Crippen LogP contribution in [0, 0.1) is 0 Å². The van der Waals surface area contributed by atoms with Gasteiger partial charge in [0.25, 0.3) is 5.67 Å². The van der Waals surface area contributed by atoms with Crippen molar-refractivity contribution in [1.29, 1.82) is 0 Å². The van der Waals surface area contributed by atoms with Gasteiger partial charge in [-0.15, -0.1) is 0 Å². The molecule has 0 bridgehead atoms. The van der Waals surface area contributed by atoms with Gasteiger partial charge in [-0.3, -0.25) is 0 Å². The zero-order chi connectivity index (χ0) is 21.6. The van der Waals surface area contributed by atoms with Gasteiger partial charge in [-0.1, -0.05) is 6.58 Å². The third kappa shape index (κ3) is 3.01. The van der Waals surface area contributed by atoms with E-state index in [0.717, 1.165) is 0 Å². The molecule has 0 saturated carbocycles. The lowest BCUT2D eigenvalue weighted by molar-refractivity contribution is -0.428. The number of allylic oxidation sites excluding steroid dienone is 1. The summed E-state index contributed by atoms with van der Waals surface area (Å²) in [6, 6.07) is 0. The standard InChI is InChI=1S/C11H8F14O/c1-2-5(12,11(23,24)25)7(15,16)9(19,20)10(21,22)8(17,18)6(13,14)3-4-26/h2,26H,1,3-4H2. The molecular formula is C11H8F14O. The summed E-state index contributed by atoms with van der Waals surface area (Å²) in [5, 5.41) is 8.05. The summed E-state index contributed by atoms with van der Waals surface area (Å²) in [4.78, 5) is 0. The van der Waals surface area contributed by atoms with Gasteiger partial charge < -0.3 is 5.11 Å². The van der Waals surface area contributed by atoms with Crippen molar-refractivity contribution in [3.63, 3.8) is 0 Å². The molecule has 0 fully saturated rings. The number of alkyl halides is 14. The fourth-order valence-electron chi connectivity index (χ4n) is 1.57. The molecule has 0 aliphatic heterocycles. The van der Waals surface area contributed by atoms with E-state index in [0.29, 0.717) is 0 Å². The molecule has 0 amide bonds. The molecular weight excluding hydrogens is 414 g/mol. The highest BCUT2D eigenvalue weighted by Crippen LogP contribution is 2.62. The van der Waals surface area contributed by atoms with E-state index < -0.39 is 60.6 Å². The Hall–Kier alpha value is -1.28. The van der Waals surface area contributed by atoms with Gasteiger partial charge in [0, 0.05) is 13.0 Å². The van der Waals surface area contributed by atoms with Gasteiger partial charge in [0.2, 0.25) is 0 Å². The molecule has 0 heterocycles. The van der Waals surface area contributed by atoms with Crippen LogP contribution in [-0.4, -0.2) is 53.2 Å². The third-order valence-electron chi connectivity index (χ3n) is 3.22. The number of aliphatic hydroxyl groups excluding tert-OH is 1. The predicted molar refractivity (Wildman–Crippen MR) is 56.5 cm³/mol. The number of halogens is 14. The predicted octanol–water partition coefficient (Wildman–Crippen LogP) is 5.00. The van der Waals surface area contributed by atoms with Crippen LogP contribution in [0.15, 0.2) is 12.7 Å². The van der Waals surface area contributed by atoms with Crippen molar-refractivity contribution < 1.29 is 66.6 Å². The fourth-order valence-corrected chi connectivity index (χ4v) is 1.57. The van der Waals surface area contributed by atoms with Crippen LogP contribution in [0.2, 0.25) is 0 Å². The average molecular weight is 422 g/mol. The number of rotatable bonds is 8. The van der Waals surface area contributed by atoms with Gasteiger partial charge in [0.15, 0.2) is 0 Å². The van der Waals surface area contributed by atoms with Gasteiger partial charge >= 0.3 is 35.8 Å². The SMILES string of the molecule is C=CC(F)(C(F)(F)F)C(F)(F)C(F)(F)C(F)(F)C(F)(F)C(F)(F)CCO. The first-order valence-electron chi connectivity index (χ1n) is 6.01. The Labute approximate surface area is 135 Å². The van der Waals surface area contributed by atoms with E-state index in [1.807, 2.05) is 0 Å². The Kier molecular flexibility index (Phi) is 6.09. The van der Waals surface area contributed by atoms with E-state index in [1.54, 1.807) is 6.58 Å². The van der Waals surface area contributed by atoms with Crippen LogP contribution in [0.1, 0.15) is 6.42 Å². The molecule has 0 radical (unpaired) electrons. The maximum absolute atomic E-state index is 13.4. The molecule has 0 aromatic carbocycles. The van der Waals surface area contributed by atoms with Gasteiger partial charge in [-0.2, -0.15) is 57.1 Å². The molecule has 0 saturated heterocycles. The molecule has 0 aliphatic carbocycles. The van der Waals surface area contributed by atoms with Crippen LogP contribution in [0.3, 0.4) is 0 Å². The van der Waals surface area contributed by atoms with Crippen molar-refractivity contribution in [1.82, 2.24) is 0 Å². The second-order valence-corrected chi connectivity index (χ2v) is 4.89. The molecule has 1 N–H and O–H groups in total. The van der Waals surface area contributed by atoms with Crippen molar-refractivity contribution >= 4 is 0 Å². The lowest BCUT2D eigenvalue weighted by Crippen LogP contribution is -2.73. The summed E-state index contributed by atoms with van der Waals surface area (Å²) in [6.07, 6.45) is -11.3. The van der Waals surface area contributed by atoms with Crippen LogP contribution in [0.4, 0.5) is 61.5 Å². The minimum Gasteiger partial charge on any atom is -0.396 e. The lowest BCUT2D eigenvalue weighted by Gasteiger charge is -2.43. The van der Waals surface area contributed by atoms with E-state index in [4.69, 9.17) is 5.11 Å². The summed E-state index contributed by atoms with van der Waals surface area (Å²) in [7, 11) is 0. The molecule has 1 nitrogen and oxygen atoms in total. The summed E-state index contributed by atoms with van der Waals surface area (Å²) >= 11 is 0. The lowest BCUT2D eigenvalue weighted by atomic mass is 9.85. The molecule has 0 spiro atoms. The Morgan fingerprint density at radius 2 is 0.962 bits per heavy atom. The Morgan fingerprint density at radius 3 is 1.23 bits per heavy atom. The van der Waals surface area contributed by atoms with Crippen molar-refractivity contribution in [3.8, 4) is 0 Å². The second kappa shape index (κ2) is 6.41. The van der Waals surface area contributed by atoms with Crippen LogP contribution in [0.25, 0.3) is 0 Å². The maximum atomic E-state index is 13.4. The monoisotopic (exact) mass is 422 g/mol. The Morgan fingerprint density at radius 1 is 0.615 bits per heavy atom. The first-order valence-corrected chi connectivity index (χ1v) is 6.01. The molecule has 26 heavy (non-hydrogen) atoms. The molecule has 0 rings (SSSR count). The molecule has 1 atom stereocenters. The molecule has 1 unspecified atom stereocenters. The van der Waals surface area contributed by atoms with Gasteiger partial charge in [-0.05, 0) is 6.08 Å². The van der Waals surface area contributed by atoms with Gasteiger partial charge in [0.05, 0.1) is 0 Å². The summed E-state index contributed by atoms with van der Waals surface area (Å²) in [5.74, 6) is -37.2. The minimum absolute atomic E-state index is 1.60. The fraction of sp³-hybridized carbons (Fsp3) is 0.818. The molecule has 156 valence electrons. The number of aliphatic hydroxyl groups is 1. The Bertz CT molecular complexity index is 521. The molecule has 15 heteroatoms. The van der Waals surface area contributed by atoms with Crippen molar-refractivity contribution in [2.75, 3.05) is 6.61 Å². The van der Waals surface area contributed by atoms with E-state index in [-0.39, 0.29) is 0 Å². The van der Waals surface area contributed by atoms with Crippen LogP contribution < -0.4 is 0 Å². The van der Waals surface area contributed by atoms with E-state index >= 15 is 0 Å². The quantitative estimate of drug-likeness (QED) is 0.431. The van der Waals surface area contributed by atoms with Gasteiger partial charge in [-0.25, -0.2) is 4.39 Å². The van der Waals surface area contributed by atoms with Gasteiger partial charge in [0.1, 0.15) is 0 Å². The maximum Gasteiger partial charge on any atom is 0.432 e. The number of hydrogen-bond donors (Lipinski definition) is 1. The van der Waals surface area contributed by atoms with Crippen LogP contribution in [0.5, 0.6) is 0 Å². The van der Waals surface area contributed by atoms with E-state index in [9.17, 15) is 61.5 Å². The first kappa shape index (κ1) is 24.7. The Balaban J connectivity index is 6.57. The smallest absolute Gasteiger partial charge is 0.396 e. The second-order valence-electron chi connectivity index (χ2n) is 4.89. The molecule has 0 aliphatic rings. The van der Waals surface area contributed by atoms with Crippen molar-refractivity contribution in [2.24, 2.45) is 0 Å². The highest BCUT2D eigenvalue weighted by atomic mass is 19.4. The van der Waals surface area contributed by atoms with E-state index in [1.165, 1.54) is 0 Å². The summed E-state index contributed by atoms with van der Waals surface area (Å²) in [5.41, 5.74) is -6.67. The van der Waals surface area contributed by atoms with Crippen LogP contribution >= 0.6 is 0 Å². The normalized spacial score (nSPS) is 17.8. The topological polar surface area (TPSA) is 20.2 Å². The minimum atomic E-state index is -7.97. The summed E-state index contributed by atoms with van der Waals surface area (Å²) in [6.45, 7) is -0.231. The molecule has 0 aromatic heterocycles. The highest BCUT2D eigenvalue weighted by Gasteiger charge is 2.91. The largest absolute Gasteiger partial charge is 0.432 e. The molecule has 0 aromatic rings. The number of hydrogen-bond acceptors (Lipinski definition) is 1.